The van der Waals surface area contributed by atoms with Crippen LogP contribution < -0.4 is 0 Å². The highest BCUT2D eigenvalue weighted by Gasteiger charge is 2.22. The van der Waals surface area contributed by atoms with Gasteiger partial charge in [-0.15, -0.1) is 0 Å². The van der Waals surface area contributed by atoms with Crippen molar-refractivity contribution in [2.75, 3.05) is 14.1 Å². The van der Waals surface area contributed by atoms with Gasteiger partial charge in [0.05, 0.1) is 0 Å². The third-order valence-corrected chi connectivity index (χ3v) is 2.84. The Morgan fingerprint density at radius 2 is 1.77 bits per heavy atom. The second-order valence-corrected chi connectivity index (χ2v) is 4.32. The maximum atomic E-state index is 2.25. The van der Waals surface area contributed by atoms with Crippen LogP contribution in [0.4, 0.5) is 0 Å². The Balaban J connectivity index is 3.07. The molecule has 13 heavy (non-hydrogen) atoms. The molecule has 0 aromatic heterocycles. The Hall–Kier alpha value is -0.820. The van der Waals surface area contributed by atoms with E-state index in [4.69, 9.17) is 0 Å². The van der Waals surface area contributed by atoms with Crippen LogP contribution in [-0.2, 0) is 5.54 Å². The van der Waals surface area contributed by atoms with Gasteiger partial charge in [-0.1, -0.05) is 29.8 Å². The van der Waals surface area contributed by atoms with E-state index in [1.54, 1.807) is 0 Å². The van der Waals surface area contributed by atoms with Crippen molar-refractivity contribution in [1.82, 2.24) is 4.90 Å². The van der Waals surface area contributed by atoms with Crippen LogP contribution >= 0.6 is 0 Å². The van der Waals surface area contributed by atoms with Gasteiger partial charge in [-0.25, -0.2) is 0 Å². The maximum absolute atomic E-state index is 2.25. The predicted octanol–water partition coefficient (Wildman–Crippen LogP) is 2.79. The van der Waals surface area contributed by atoms with Crippen molar-refractivity contribution in [3.05, 3.63) is 35.4 Å². The molecule has 0 amide bonds. The van der Waals surface area contributed by atoms with Gasteiger partial charge in [0.2, 0.25) is 0 Å². The van der Waals surface area contributed by atoms with E-state index in [-0.39, 0.29) is 5.54 Å². The van der Waals surface area contributed by atoms with Crippen LogP contribution in [0.1, 0.15) is 25.0 Å². The Kier molecular flexibility index (Phi) is 2.77. The van der Waals surface area contributed by atoms with E-state index in [0.29, 0.717) is 0 Å². The molecule has 0 saturated heterocycles. The fourth-order valence-corrected chi connectivity index (χ4v) is 1.28. The van der Waals surface area contributed by atoms with E-state index in [0.717, 1.165) is 0 Å². The second-order valence-electron chi connectivity index (χ2n) is 4.32. The number of benzene rings is 1. The molecule has 0 atom stereocenters. The molecule has 1 rings (SSSR count). The lowest BCUT2D eigenvalue weighted by atomic mass is 9.92. The van der Waals surface area contributed by atoms with Crippen molar-refractivity contribution in [2.45, 2.75) is 26.3 Å². The van der Waals surface area contributed by atoms with Gasteiger partial charge in [-0.2, -0.15) is 0 Å². The highest BCUT2D eigenvalue weighted by atomic mass is 15.1. The largest absolute Gasteiger partial charge is 0.300 e. The summed E-state index contributed by atoms with van der Waals surface area (Å²) in [5.41, 5.74) is 2.82. The minimum Gasteiger partial charge on any atom is -0.300 e. The van der Waals surface area contributed by atoms with Gasteiger partial charge < -0.3 is 4.90 Å². The molecule has 0 radical (unpaired) electrons. The number of hydrogen-bond donors (Lipinski definition) is 0. The van der Waals surface area contributed by atoms with Crippen LogP contribution in [0.25, 0.3) is 0 Å². The lowest BCUT2D eigenvalue weighted by molar-refractivity contribution is 0.197. The molecule has 0 unspecified atom stereocenters. The Morgan fingerprint density at radius 3 is 2.23 bits per heavy atom. The number of hydrogen-bond acceptors (Lipinski definition) is 1. The molecule has 0 saturated carbocycles. The molecule has 1 heteroatoms. The van der Waals surface area contributed by atoms with Crippen LogP contribution in [0.15, 0.2) is 24.3 Å². The third-order valence-electron chi connectivity index (χ3n) is 2.84. The summed E-state index contributed by atoms with van der Waals surface area (Å²) >= 11 is 0. The minimum atomic E-state index is 0.117. The van der Waals surface area contributed by atoms with Crippen LogP contribution in [-0.4, -0.2) is 19.0 Å². The maximum Gasteiger partial charge on any atom is 0.0398 e. The number of rotatable bonds is 2. The monoisotopic (exact) mass is 177 g/mol. The van der Waals surface area contributed by atoms with Gasteiger partial charge >= 0.3 is 0 Å². The Morgan fingerprint density at radius 1 is 1.15 bits per heavy atom. The SMILES string of the molecule is Cc1cccc(C(C)(C)N(C)C)c1. The highest BCUT2D eigenvalue weighted by molar-refractivity contribution is 5.27. The second kappa shape index (κ2) is 3.51. The molecule has 0 aliphatic carbocycles. The molecule has 0 bridgehead atoms. The van der Waals surface area contributed by atoms with Crippen LogP contribution in [0.5, 0.6) is 0 Å². The first-order chi connectivity index (χ1) is 5.94. The van der Waals surface area contributed by atoms with Crippen molar-refractivity contribution >= 4 is 0 Å². The molecule has 0 aliphatic rings. The van der Waals surface area contributed by atoms with E-state index >= 15 is 0 Å². The van der Waals surface area contributed by atoms with Crippen molar-refractivity contribution < 1.29 is 0 Å². The Bertz CT molecular complexity index is 287. The molecule has 1 nitrogen and oxygen atoms in total. The molecular weight excluding hydrogens is 158 g/mol. The summed E-state index contributed by atoms with van der Waals surface area (Å²) in [6.07, 6.45) is 0. The van der Waals surface area contributed by atoms with E-state index in [9.17, 15) is 0 Å². The summed E-state index contributed by atoms with van der Waals surface area (Å²) in [5, 5.41) is 0. The van der Waals surface area contributed by atoms with Crippen molar-refractivity contribution in [1.29, 1.82) is 0 Å². The van der Waals surface area contributed by atoms with Crippen LogP contribution in [0, 0.1) is 6.92 Å². The van der Waals surface area contributed by atoms with Gasteiger partial charge in [-0.3, -0.25) is 0 Å². The fourth-order valence-electron chi connectivity index (χ4n) is 1.28. The number of nitrogens with zero attached hydrogens (tertiary/aromatic N) is 1. The molecule has 1 aromatic rings. The standard InChI is InChI=1S/C12H19N/c1-10-7-6-8-11(9-10)12(2,3)13(4)5/h6-9H,1-5H3. The predicted molar refractivity (Wildman–Crippen MR) is 57.9 cm³/mol. The quantitative estimate of drug-likeness (QED) is 0.671. The fraction of sp³-hybridized carbons (Fsp3) is 0.500. The van der Waals surface area contributed by atoms with Crippen molar-refractivity contribution in [3.63, 3.8) is 0 Å². The highest BCUT2D eigenvalue weighted by Crippen LogP contribution is 2.25. The summed E-state index contributed by atoms with van der Waals surface area (Å²) in [4.78, 5) is 2.24. The molecule has 1 aromatic carbocycles. The molecule has 0 fully saturated rings. The molecule has 0 heterocycles. The van der Waals surface area contributed by atoms with Crippen LogP contribution in [0.2, 0.25) is 0 Å². The summed E-state index contributed by atoms with van der Waals surface area (Å²) in [5.74, 6) is 0. The van der Waals surface area contributed by atoms with Crippen LogP contribution in [0.3, 0.4) is 0 Å². The molecule has 0 aliphatic heterocycles. The van der Waals surface area contributed by atoms with E-state index < -0.39 is 0 Å². The lowest BCUT2D eigenvalue weighted by Gasteiger charge is -2.33. The van der Waals surface area contributed by atoms with Gasteiger partial charge in [0.15, 0.2) is 0 Å². The average molecular weight is 177 g/mol. The van der Waals surface area contributed by atoms with Gasteiger partial charge in [0.25, 0.3) is 0 Å². The smallest absolute Gasteiger partial charge is 0.0398 e. The van der Waals surface area contributed by atoms with E-state index in [2.05, 4.69) is 64.0 Å². The molecule has 0 spiro atoms. The minimum absolute atomic E-state index is 0.117. The molecule has 0 N–H and O–H groups in total. The summed E-state index contributed by atoms with van der Waals surface area (Å²) in [6.45, 7) is 6.61. The summed E-state index contributed by atoms with van der Waals surface area (Å²) in [6, 6.07) is 8.69. The summed E-state index contributed by atoms with van der Waals surface area (Å²) in [7, 11) is 4.23. The first-order valence-corrected chi connectivity index (χ1v) is 4.69. The molecular formula is C12H19N. The van der Waals surface area contributed by atoms with Gasteiger partial charge in [0, 0.05) is 5.54 Å². The third kappa shape index (κ3) is 2.10. The first kappa shape index (κ1) is 10.3. The van der Waals surface area contributed by atoms with Gasteiger partial charge in [0.1, 0.15) is 0 Å². The van der Waals surface area contributed by atoms with E-state index in [1.807, 2.05) is 0 Å². The lowest BCUT2D eigenvalue weighted by Crippen LogP contribution is -2.35. The molecule has 72 valence electrons. The number of aryl methyl sites for hydroxylation is 1. The Labute approximate surface area is 81.4 Å². The van der Waals surface area contributed by atoms with Gasteiger partial charge in [-0.05, 0) is 40.4 Å². The zero-order chi connectivity index (χ0) is 10.1. The summed E-state index contributed by atoms with van der Waals surface area (Å²) < 4.78 is 0. The topological polar surface area (TPSA) is 3.24 Å². The zero-order valence-corrected chi connectivity index (χ0v) is 9.26. The van der Waals surface area contributed by atoms with E-state index in [1.165, 1.54) is 11.1 Å². The first-order valence-electron chi connectivity index (χ1n) is 4.69. The zero-order valence-electron chi connectivity index (χ0n) is 9.26. The van der Waals surface area contributed by atoms with Crippen molar-refractivity contribution in [3.8, 4) is 0 Å². The normalized spacial score (nSPS) is 12.2. The average Bonchev–Trinajstić information content (AvgIpc) is 2.04. The van der Waals surface area contributed by atoms with Crippen molar-refractivity contribution in [2.24, 2.45) is 0 Å².